The predicted molar refractivity (Wildman–Crippen MR) is 105 cm³/mol. The number of ether oxygens (including phenoxy) is 3. The van der Waals surface area contributed by atoms with Gasteiger partial charge in [0.05, 0.1) is 18.6 Å². The van der Waals surface area contributed by atoms with Crippen molar-refractivity contribution in [3.8, 4) is 11.5 Å². The molecule has 1 aromatic carbocycles. The minimum absolute atomic E-state index is 0.0366. The first-order valence-electron chi connectivity index (χ1n) is 9.84. The molecule has 3 aliphatic rings. The molecule has 2 heterocycles. The molecule has 6 nitrogen and oxygen atoms in total. The first-order valence-corrected chi connectivity index (χ1v) is 9.84. The van der Waals surface area contributed by atoms with Crippen molar-refractivity contribution >= 4 is 5.78 Å². The number of nitrogens with zero attached hydrogens (tertiary/aromatic N) is 1. The summed E-state index contributed by atoms with van der Waals surface area (Å²) < 4.78 is 17.0. The largest absolute Gasteiger partial charge is 0.493 e. The van der Waals surface area contributed by atoms with Gasteiger partial charge in [0, 0.05) is 37.9 Å². The van der Waals surface area contributed by atoms with Gasteiger partial charge in [0.15, 0.2) is 17.3 Å². The zero-order chi connectivity index (χ0) is 19.7. The maximum atomic E-state index is 11.9. The van der Waals surface area contributed by atoms with Crippen LogP contribution in [0.4, 0.5) is 0 Å². The minimum atomic E-state index is -0.491. The van der Waals surface area contributed by atoms with E-state index in [0.717, 1.165) is 30.0 Å². The summed E-state index contributed by atoms with van der Waals surface area (Å²) in [5.74, 6) is 1.48. The summed E-state index contributed by atoms with van der Waals surface area (Å²) in [6, 6.07) is 4.02. The molecule has 0 amide bonds. The molecule has 0 saturated heterocycles. The summed E-state index contributed by atoms with van der Waals surface area (Å²) in [7, 11) is 1.65. The molecular formula is C22H27NO5. The number of aliphatic hydroxyl groups excluding tert-OH is 1. The summed E-state index contributed by atoms with van der Waals surface area (Å²) >= 11 is 0. The van der Waals surface area contributed by atoms with E-state index in [1.165, 1.54) is 5.56 Å². The summed E-state index contributed by atoms with van der Waals surface area (Å²) in [5, 5.41) is 10.1. The monoisotopic (exact) mass is 385 g/mol. The first-order chi connectivity index (χ1) is 13.6. The fourth-order valence-electron chi connectivity index (χ4n) is 4.52. The fraction of sp³-hybridized carbons (Fsp3) is 0.500. The summed E-state index contributed by atoms with van der Waals surface area (Å²) in [4.78, 5) is 14.1. The van der Waals surface area contributed by atoms with Crippen LogP contribution in [0.1, 0.15) is 30.9 Å². The number of carbonyl (C=O) groups excluding carboxylic acids is 1. The summed E-state index contributed by atoms with van der Waals surface area (Å²) in [6.45, 7) is 4.00. The van der Waals surface area contributed by atoms with E-state index in [9.17, 15) is 9.90 Å². The van der Waals surface area contributed by atoms with Crippen molar-refractivity contribution in [2.75, 3.05) is 26.9 Å². The van der Waals surface area contributed by atoms with Crippen LogP contribution in [0.3, 0.4) is 0 Å². The highest BCUT2D eigenvalue weighted by molar-refractivity contribution is 5.90. The van der Waals surface area contributed by atoms with Gasteiger partial charge in [-0.2, -0.15) is 0 Å². The van der Waals surface area contributed by atoms with Gasteiger partial charge in [0.25, 0.3) is 0 Å². The Morgan fingerprint density at radius 2 is 2.32 bits per heavy atom. The van der Waals surface area contributed by atoms with Crippen LogP contribution in [-0.4, -0.2) is 54.9 Å². The van der Waals surface area contributed by atoms with Crippen molar-refractivity contribution in [2.24, 2.45) is 0 Å². The summed E-state index contributed by atoms with van der Waals surface area (Å²) in [5.41, 5.74) is 2.06. The van der Waals surface area contributed by atoms with Crippen LogP contribution in [0, 0.1) is 0 Å². The second-order valence-electron chi connectivity index (χ2n) is 7.58. The molecule has 150 valence electrons. The first kappa shape index (κ1) is 19.0. The molecule has 1 unspecified atom stereocenters. The minimum Gasteiger partial charge on any atom is -0.493 e. The van der Waals surface area contributed by atoms with E-state index in [1.54, 1.807) is 13.2 Å². The lowest BCUT2D eigenvalue weighted by molar-refractivity contribution is -0.118. The number of ketones is 1. The molecule has 0 bridgehead atoms. The number of carbonyl (C=O) groups is 1. The van der Waals surface area contributed by atoms with Gasteiger partial charge < -0.3 is 24.2 Å². The van der Waals surface area contributed by atoms with Gasteiger partial charge in [-0.05, 0) is 31.1 Å². The van der Waals surface area contributed by atoms with E-state index in [1.807, 2.05) is 25.3 Å². The Hall–Kier alpha value is -2.31. The molecule has 1 aromatic rings. The molecule has 0 radical (unpaired) electrons. The van der Waals surface area contributed by atoms with E-state index in [-0.39, 0.29) is 23.9 Å². The smallest absolute Gasteiger partial charge is 0.182 e. The maximum Gasteiger partial charge on any atom is 0.182 e. The van der Waals surface area contributed by atoms with Gasteiger partial charge in [0.1, 0.15) is 12.7 Å². The molecule has 4 rings (SSSR count). The van der Waals surface area contributed by atoms with Crippen molar-refractivity contribution in [1.29, 1.82) is 0 Å². The third kappa shape index (κ3) is 3.20. The Morgan fingerprint density at radius 1 is 1.46 bits per heavy atom. The van der Waals surface area contributed by atoms with Crippen molar-refractivity contribution in [2.45, 2.75) is 43.9 Å². The highest BCUT2D eigenvalue weighted by Crippen LogP contribution is 2.55. The van der Waals surface area contributed by atoms with Gasteiger partial charge >= 0.3 is 0 Å². The van der Waals surface area contributed by atoms with E-state index < -0.39 is 6.10 Å². The number of methoxy groups -OCH3 is 1. The van der Waals surface area contributed by atoms with Crippen molar-refractivity contribution in [1.82, 2.24) is 4.90 Å². The standard InChI is InChI=1S/C22H27NO5/c1-3-27-14-17(25)7-10-23-11-9-22-8-6-16(24)12-19(22)28-21-18(26-2)5-4-15(13-23)20(21)22/h4-8,10,16,19,24H,3,9,11-14H2,1-2H3/b10-7+/t16-,19-,22?/m1/s1. The van der Waals surface area contributed by atoms with Crippen molar-refractivity contribution in [3.05, 3.63) is 47.7 Å². The van der Waals surface area contributed by atoms with E-state index in [4.69, 9.17) is 14.2 Å². The van der Waals surface area contributed by atoms with Crippen LogP contribution in [0.25, 0.3) is 0 Å². The number of hydrogen-bond donors (Lipinski definition) is 1. The Bertz CT molecular complexity index is 817. The van der Waals surface area contributed by atoms with Crippen molar-refractivity contribution in [3.63, 3.8) is 0 Å². The molecule has 6 heteroatoms. The van der Waals surface area contributed by atoms with Gasteiger partial charge in [-0.15, -0.1) is 0 Å². The molecule has 0 aromatic heterocycles. The highest BCUT2D eigenvalue weighted by Gasteiger charge is 2.52. The number of benzene rings is 1. The summed E-state index contributed by atoms with van der Waals surface area (Å²) in [6.07, 6.45) is 8.28. The van der Waals surface area contributed by atoms with Crippen LogP contribution >= 0.6 is 0 Å². The molecule has 1 spiro atoms. The second kappa shape index (κ2) is 7.60. The lowest BCUT2D eigenvalue weighted by Gasteiger charge is -2.35. The number of aliphatic hydroxyl groups is 1. The third-order valence-corrected chi connectivity index (χ3v) is 5.91. The van der Waals surface area contributed by atoms with Crippen LogP contribution in [0.2, 0.25) is 0 Å². The van der Waals surface area contributed by atoms with Gasteiger partial charge in [-0.3, -0.25) is 4.79 Å². The Morgan fingerprint density at radius 3 is 3.11 bits per heavy atom. The topological polar surface area (TPSA) is 68.2 Å². The predicted octanol–water partition coefficient (Wildman–Crippen LogP) is 2.34. The molecule has 28 heavy (non-hydrogen) atoms. The average molecular weight is 385 g/mol. The Kier molecular flexibility index (Phi) is 5.17. The quantitative estimate of drug-likeness (QED) is 0.599. The number of rotatable bonds is 6. The van der Waals surface area contributed by atoms with E-state index in [2.05, 4.69) is 17.0 Å². The molecule has 0 fully saturated rings. The normalized spacial score (nSPS) is 27.9. The SMILES string of the molecule is CCOCC(=O)/C=C/N1CCC23C=C[C@@H](O)C[C@H]2Oc2c(OC)ccc(c23)C1. The second-order valence-corrected chi connectivity index (χ2v) is 7.58. The molecule has 3 atom stereocenters. The van der Waals surface area contributed by atoms with E-state index in [0.29, 0.717) is 19.6 Å². The van der Waals surface area contributed by atoms with Gasteiger partial charge in [0.2, 0.25) is 0 Å². The van der Waals surface area contributed by atoms with Crippen LogP contribution in [0.5, 0.6) is 11.5 Å². The van der Waals surface area contributed by atoms with Gasteiger partial charge in [-0.25, -0.2) is 0 Å². The Balaban J connectivity index is 1.67. The van der Waals surface area contributed by atoms with E-state index >= 15 is 0 Å². The zero-order valence-electron chi connectivity index (χ0n) is 16.4. The lowest BCUT2D eigenvalue weighted by Crippen LogP contribution is -2.42. The van der Waals surface area contributed by atoms with Crippen LogP contribution in [0.15, 0.2) is 36.6 Å². The molecule has 2 aliphatic heterocycles. The molecule has 1 N–H and O–H groups in total. The highest BCUT2D eigenvalue weighted by atomic mass is 16.5. The molecular weight excluding hydrogens is 358 g/mol. The fourth-order valence-corrected chi connectivity index (χ4v) is 4.52. The number of hydrogen-bond acceptors (Lipinski definition) is 6. The maximum absolute atomic E-state index is 11.9. The third-order valence-electron chi connectivity index (χ3n) is 5.91. The molecule has 0 saturated carbocycles. The van der Waals surface area contributed by atoms with Gasteiger partial charge in [-0.1, -0.05) is 18.2 Å². The zero-order valence-corrected chi connectivity index (χ0v) is 16.4. The Labute approximate surface area is 165 Å². The van der Waals surface area contributed by atoms with Crippen molar-refractivity contribution < 1.29 is 24.1 Å². The van der Waals surface area contributed by atoms with Crippen LogP contribution < -0.4 is 9.47 Å². The average Bonchev–Trinajstić information content (AvgIpc) is 2.93. The van der Waals surface area contributed by atoms with Crippen LogP contribution in [-0.2, 0) is 21.5 Å². The lowest BCUT2D eigenvalue weighted by atomic mass is 9.69. The molecule has 1 aliphatic carbocycles.